The number of para-hydroxylation sites is 1. The van der Waals surface area contributed by atoms with Gasteiger partial charge in [0.1, 0.15) is 11.5 Å². The van der Waals surface area contributed by atoms with E-state index < -0.39 is 0 Å². The van der Waals surface area contributed by atoms with E-state index in [-0.39, 0.29) is 0 Å². The lowest BCUT2D eigenvalue weighted by molar-refractivity contribution is 0.469. The molecule has 0 aromatic heterocycles. The van der Waals surface area contributed by atoms with Crippen LogP contribution >= 0.6 is 22.6 Å². The van der Waals surface area contributed by atoms with Crippen LogP contribution in [0.5, 0.6) is 11.5 Å². The summed E-state index contributed by atoms with van der Waals surface area (Å²) < 4.78 is 7.15. The Balaban J connectivity index is 2.15. The van der Waals surface area contributed by atoms with Crippen LogP contribution in [0.2, 0.25) is 0 Å². The number of hydrogen-bond acceptors (Lipinski definition) is 2. The molecule has 0 aliphatic carbocycles. The van der Waals surface area contributed by atoms with Crippen LogP contribution in [0.4, 0.5) is 0 Å². The van der Waals surface area contributed by atoms with Gasteiger partial charge in [-0.2, -0.15) is 0 Å². The van der Waals surface area contributed by atoms with E-state index in [1.54, 1.807) is 0 Å². The maximum absolute atomic E-state index is 5.98. The summed E-state index contributed by atoms with van der Waals surface area (Å²) in [6.45, 7) is 5.10. The zero-order chi connectivity index (χ0) is 13.7. The average Bonchev–Trinajstić information content (AvgIpc) is 2.38. The Labute approximate surface area is 128 Å². The van der Waals surface area contributed by atoms with Gasteiger partial charge in [-0.15, -0.1) is 0 Å². The van der Waals surface area contributed by atoms with Crippen molar-refractivity contribution in [3.63, 3.8) is 0 Å². The third-order valence-corrected chi connectivity index (χ3v) is 3.37. The third kappa shape index (κ3) is 4.51. The van der Waals surface area contributed by atoms with Crippen molar-refractivity contribution < 1.29 is 4.74 Å². The summed E-state index contributed by atoms with van der Waals surface area (Å²) in [6.07, 6.45) is 0. The normalized spacial score (nSPS) is 10.7. The summed E-state index contributed by atoms with van der Waals surface area (Å²) in [5.41, 5.74) is 1.18. The maximum Gasteiger partial charge on any atom is 0.131 e. The van der Waals surface area contributed by atoms with E-state index in [4.69, 9.17) is 4.74 Å². The molecule has 0 fully saturated rings. The summed E-state index contributed by atoms with van der Waals surface area (Å²) in [5.74, 6) is 1.79. The molecule has 2 rings (SSSR count). The van der Waals surface area contributed by atoms with Gasteiger partial charge in [0.25, 0.3) is 0 Å². The first-order valence-corrected chi connectivity index (χ1v) is 7.48. The molecule has 0 atom stereocenters. The molecular weight excluding hydrogens is 349 g/mol. The second-order valence-electron chi connectivity index (χ2n) is 4.70. The SMILES string of the molecule is CC(C)NCc1ccccc1Oc1cccc(I)c1. The molecular formula is C16H18INO. The van der Waals surface area contributed by atoms with Gasteiger partial charge in [0.15, 0.2) is 0 Å². The van der Waals surface area contributed by atoms with Gasteiger partial charge in [-0.1, -0.05) is 38.1 Å². The van der Waals surface area contributed by atoms with Crippen LogP contribution in [0.15, 0.2) is 48.5 Å². The highest BCUT2D eigenvalue weighted by Gasteiger charge is 2.05. The van der Waals surface area contributed by atoms with Crippen LogP contribution in [0.1, 0.15) is 19.4 Å². The molecule has 1 N–H and O–H groups in total. The van der Waals surface area contributed by atoms with E-state index in [1.165, 1.54) is 9.13 Å². The molecule has 19 heavy (non-hydrogen) atoms. The monoisotopic (exact) mass is 367 g/mol. The highest BCUT2D eigenvalue weighted by atomic mass is 127. The lowest BCUT2D eigenvalue weighted by Crippen LogP contribution is -2.22. The van der Waals surface area contributed by atoms with Crippen molar-refractivity contribution in [2.45, 2.75) is 26.4 Å². The van der Waals surface area contributed by atoms with Crippen LogP contribution in [0, 0.1) is 3.57 Å². The van der Waals surface area contributed by atoms with Crippen molar-refractivity contribution in [3.05, 3.63) is 57.7 Å². The van der Waals surface area contributed by atoms with E-state index in [0.717, 1.165) is 18.0 Å². The van der Waals surface area contributed by atoms with Crippen molar-refractivity contribution >= 4 is 22.6 Å². The first kappa shape index (κ1) is 14.3. The van der Waals surface area contributed by atoms with Crippen LogP contribution in [0.3, 0.4) is 0 Å². The molecule has 2 nitrogen and oxygen atoms in total. The summed E-state index contributed by atoms with van der Waals surface area (Å²) in [6, 6.07) is 16.7. The second-order valence-corrected chi connectivity index (χ2v) is 5.95. The van der Waals surface area contributed by atoms with Crippen LogP contribution in [-0.4, -0.2) is 6.04 Å². The molecule has 0 saturated heterocycles. The van der Waals surface area contributed by atoms with Gasteiger partial charge in [-0.05, 0) is 46.9 Å². The van der Waals surface area contributed by atoms with Gasteiger partial charge in [0, 0.05) is 21.7 Å². The number of ether oxygens (including phenoxy) is 1. The number of rotatable bonds is 5. The van der Waals surface area contributed by atoms with Crippen molar-refractivity contribution in [3.8, 4) is 11.5 Å². The summed E-state index contributed by atoms with van der Waals surface area (Å²) in [7, 11) is 0. The van der Waals surface area contributed by atoms with Crippen molar-refractivity contribution in [1.82, 2.24) is 5.32 Å². The number of hydrogen-bond donors (Lipinski definition) is 1. The minimum atomic E-state index is 0.464. The minimum absolute atomic E-state index is 0.464. The van der Waals surface area contributed by atoms with Crippen LogP contribution in [-0.2, 0) is 6.54 Å². The van der Waals surface area contributed by atoms with E-state index in [0.29, 0.717) is 6.04 Å². The molecule has 0 heterocycles. The molecule has 2 aromatic carbocycles. The van der Waals surface area contributed by atoms with Crippen molar-refractivity contribution in [2.24, 2.45) is 0 Å². The van der Waals surface area contributed by atoms with Crippen molar-refractivity contribution in [2.75, 3.05) is 0 Å². The van der Waals surface area contributed by atoms with E-state index >= 15 is 0 Å². The molecule has 0 aliphatic rings. The summed E-state index contributed by atoms with van der Waals surface area (Å²) >= 11 is 2.29. The molecule has 2 aromatic rings. The molecule has 0 unspecified atom stereocenters. The predicted octanol–water partition coefficient (Wildman–Crippen LogP) is 4.58. The fourth-order valence-corrected chi connectivity index (χ4v) is 2.24. The lowest BCUT2D eigenvalue weighted by atomic mass is 10.2. The fourth-order valence-electron chi connectivity index (χ4n) is 1.72. The first-order chi connectivity index (χ1) is 9.15. The summed E-state index contributed by atoms with van der Waals surface area (Å²) in [4.78, 5) is 0. The lowest BCUT2D eigenvalue weighted by Gasteiger charge is -2.13. The Morgan fingerprint density at radius 1 is 1.11 bits per heavy atom. The van der Waals surface area contributed by atoms with E-state index in [9.17, 15) is 0 Å². The predicted molar refractivity (Wildman–Crippen MR) is 87.7 cm³/mol. The van der Waals surface area contributed by atoms with Crippen molar-refractivity contribution in [1.29, 1.82) is 0 Å². The van der Waals surface area contributed by atoms with Gasteiger partial charge in [0.05, 0.1) is 0 Å². The average molecular weight is 367 g/mol. The van der Waals surface area contributed by atoms with Gasteiger partial charge in [-0.3, -0.25) is 0 Å². The third-order valence-electron chi connectivity index (χ3n) is 2.70. The number of nitrogens with one attached hydrogen (secondary N) is 1. The minimum Gasteiger partial charge on any atom is -0.457 e. The van der Waals surface area contributed by atoms with E-state index in [2.05, 4.69) is 53.9 Å². The highest BCUT2D eigenvalue weighted by molar-refractivity contribution is 14.1. The quantitative estimate of drug-likeness (QED) is 0.781. The van der Waals surface area contributed by atoms with Gasteiger partial charge < -0.3 is 10.1 Å². The topological polar surface area (TPSA) is 21.3 Å². The van der Waals surface area contributed by atoms with Gasteiger partial charge in [-0.25, -0.2) is 0 Å². The zero-order valence-electron chi connectivity index (χ0n) is 11.2. The Morgan fingerprint density at radius 3 is 2.63 bits per heavy atom. The van der Waals surface area contributed by atoms with Gasteiger partial charge >= 0.3 is 0 Å². The number of halogens is 1. The molecule has 0 amide bonds. The molecule has 0 spiro atoms. The number of benzene rings is 2. The molecule has 0 bridgehead atoms. The highest BCUT2D eigenvalue weighted by Crippen LogP contribution is 2.26. The Morgan fingerprint density at radius 2 is 1.89 bits per heavy atom. The summed E-state index contributed by atoms with van der Waals surface area (Å²) in [5, 5.41) is 3.42. The fraction of sp³-hybridized carbons (Fsp3) is 0.250. The molecule has 0 saturated carbocycles. The standard InChI is InChI=1S/C16H18INO/c1-12(2)18-11-13-6-3-4-9-16(13)19-15-8-5-7-14(17)10-15/h3-10,12,18H,11H2,1-2H3. The zero-order valence-corrected chi connectivity index (χ0v) is 13.3. The molecule has 100 valence electrons. The van der Waals surface area contributed by atoms with Crippen LogP contribution < -0.4 is 10.1 Å². The maximum atomic E-state index is 5.98. The van der Waals surface area contributed by atoms with E-state index in [1.807, 2.05) is 36.4 Å². The smallest absolute Gasteiger partial charge is 0.131 e. The van der Waals surface area contributed by atoms with Gasteiger partial charge in [0.2, 0.25) is 0 Å². The first-order valence-electron chi connectivity index (χ1n) is 6.40. The Bertz CT molecular complexity index is 540. The molecule has 0 radical (unpaired) electrons. The Kier molecular flexibility index (Phi) is 5.22. The largest absolute Gasteiger partial charge is 0.457 e. The Hall–Kier alpha value is -1.07. The second kappa shape index (κ2) is 6.91. The molecule has 0 aliphatic heterocycles. The molecule has 3 heteroatoms. The van der Waals surface area contributed by atoms with Crippen LogP contribution in [0.25, 0.3) is 0 Å².